The van der Waals surface area contributed by atoms with Crippen molar-refractivity contribution in [1.29, 1.82) is 0 Å². The molecule has 2 rings (SSSR count). The van der Waals surface area contributed by atoms with Crippen LogP contribution in [0.2, 0.25) is 5.02 Å². The third kappa shape index (κ3) is 2.76. The summed E-state index contributed by atoms with van der Waals surface area (Å²) in [5.41, 5.74) is 11.4. The number of nitrogen functional groups attached to an aromatic ring is 1. The Morgan fingerprint density at radius 1 is 1.55 bits per heavy atom. The van der Waals surface area contributed by atoms with Gasteiger partial charge >= 0.3 is 0 Å². The molecule has 112 valence electrons. The molecule has 0 bridgehead atoms. The highest BCUT2D eigenvalue weighted by molar-refractivity contribution is 7.89. The second kappa shape index (κ2) is 5.85. The SMILES string of the molecule is C[C@@H]1CCCN(S(=O)(=O)c2cc(Cl)cnc2N)[C@@H]1CN. The van der Waals surface area contributed by atoms with Crippen molar-refractivity contribution in [1.82, 2.24) is 9.29 Å². The Hall–Kier alpha value is -0.890. The van der Waals surface area contributed by atoms with E-state index in [4.69, 9.17) is 23.1 Å². The summed E-state index contributed by atoms with van der Waals surface area (Å²) < 4.78 is 27.0. The number of sulfonamides is 1. The Balaban J connectivity index is 2.45. The van der Waals surface area contributed by atoms with E-state index in [0.29, 0.717) is 6.54 Å². The van der Waals surface area contributed by atoms with Crippen molar-refractivity contribution in [2.75, 3.05) is 18.8 Å². The summed E-state index contributed by atoms with van der Waals surface area (Å²) in [6.07, 6.45) is 3.11. The number of hydrogen-bond donors (Lipinski definition) is 2. The number of rotatable bonds is 3. The molecule has 1 aliphatic heterocycles. The van der Waals surface area contributed by atoms with Crippen LogP contribution in [0.4, 0.5) is 5.82 Å². The van der Waals surface area contributed by atoms with Crippen molar-refractivity contribution in [3.8, 4) is 0 Å². The van der Waals surface area contributed by atoms with Gasteiger partial charge in [0.25, 0.3) is 0 Å². The summed E-state index contributed by atoms with van der Waals surface area (Å²) in [5.74, 6) is 0.181. The lowest BCUT2D eigenvalue weighted by Crippen LogP contribution is -2.51. The van der Waals surface area contributed by atoms with Crippen LogP contribution in [-0.4, -0.2) is 36.8 Å². The molecule has 2 atom stereocenters. The molecule has 2 heterocycles. The third-order valence-corrected chi connectivity index (χ3v) is 5.90. The second-order valence-corrected chi connectivity index (χ2v) is 7.37. The first-order valence-electron chi connectivity index (χ1n) is 6.51. The zero-order chi connectivity index (χ0) is 14.9. The van der Waals surface area contributed by atoms with Crippen molar-refractivity contribution in [3.63, 3.8) is 0 Å². The van der Waals surface area contributed by atoms with E-state index < -0.39 is 10.0 Å². The summed E-state index contributed by atoms with van der Waals surface area (Å²) in [5, 5.41) is 0.243. The van der Waals surface area contributed by atoms with Crippen LogP contribution in [0.25, 0.3) is 0 Å². The van der Waals surface area contributed by atoms with Crippen LogP contribution in [0.5, 0.6) is 0 Å². The Bertz CT molecular complexity index is 593. The fourth-order valence-corrected chi connectivity index (χ4v) is 4.71. The molecule has 0 unspecified atom stereocenters. The monoisotopic (exact) mass is 318 g/mol. The molecule has 1 aliphatic rings. The highest BCUT2D eigenvalue weighted by Crippen LogP contribution is 2.31. The van der Waals surface area contributed by atoms with Crippen LogP contribution in [0.1, 0.15) is 19.8 Å². The molecule has 1 aromatic rings. The van der Waals surface area contributed by atoms with Gasteiger partial charge in [-0.2, -0.15) is 4.31 Å². The Morgan fingerprint density at radius 3 is 2.90 bits per heavy atom. The lowest BCUT2D eigenvalue weighted by atomic mass is 9.93. The molecule has 8 heteroatoms. The topological polar surface area (TPSA) is 102 Å². The maximum absolute atomic E-state index is 12.8. The van der Waals surface area contributed by atoms with Gasteiger partial charge in [-0.1, -0.05) is 18.5 Å². The molecule has 0 amide bonds. The number of nitrogens with zero attached hydrogens (tertiary/aromatic N) is 2. The van der Waals surface area contributed by atoms with Crippen LogP contribution in [0.3, 0.4) is 0 Å². The van der Waals surface area contributed by atoms with Gasteiger partial charge in [-0.15, -0.1) is 0 Å². The number of aromatic nitrogens is 1. The minimum atomic E-state index is -3.73. The standard InChI is InChI=1S/C12H19ClN4O2S/c1-8-3-2-4-17(10(8)6-14)20(18,19)11-5-9(13)7-16-12(11)15/h5,7-8,10H,2-4,6,14H2,1H3,(H2,15,16)/t8-,10-/m1/s1. The van der Waals surface area contributed by atoms with Crippen molar-refractivity contribution >= 4 is 27.4 Å². The third-order valence-electron chi connectivity index (χ3n) is 3.74. The van der Waals surface area contributed by atoms with Crippen molar-refractivity contribution in [2.24, 2.45) is 11.7 Å². The van der Waals surface area contributed by atoms with Crippen molar-refractivity contribution in [3.05, 3.63) is 17.3 Å². The fraction of sp³-hybridized carbons (Fsp3) is 0.583. The van der Waals surface area contributed by atoms with Crippen LogP contribution >= 0.6 is 11.6 Å². The van der Waals surface area contributed by atoms with Crippen molar-refractivity contribution < 1.29 is 8.42 Å². The van der Waals surface area contributed by atoms with E-state index in [2.05, 4.69) is 4.98 Å². The minimum Gasteiger partial charge on any atom is -0.383 e. The molecular formula is C12H19ClN4O2S. The molecular weight excluding hydrogens is 300 g/mol. The highest BCUT2D eigenvalue weighted by atomic mass is 35.5. The normalized spacial score (nSPS) is 24.8. The quantitative estimate of drug-likeness (QED) is 0.867. The predicted octanol–water partition coefficient (Wildman–Crippen LogP) is 1.07. The first-order chi connectivity index (χ1) is 9.37. The van der Waals surface area contributed by atoms with E-state index in [0.717, 1.165) is 12.8 Å². The van der Waals surface area contributed by atoms with Gasteiger partial charge in [-0.05, 0) is 24.8 Å². The van der Waals surface area contributed by atoms with Crippen molar-refractivity contribution in [2.45, 2.75) is 30.7 Å². The zero-order valence-electron chi connectivity index (χ0n) is 11.3. The Labute approximate surface area is 124 Å². The van der Waals surface area contributed by atoms with E-state index >= 15 is 0 Å². The maximum Gasteiger partial charge on any atom is 0.247 e. The van der Waals surface area contributed by atoms with Crippen LogP contribution in [0.15, 0.2) is 17.2 Å². The molecule has 0 aromatic carbocycles. The van der Waals surface area contributed by atoms with Gasteiger partial charge in [0.15, 0.2) is 0 Å². The molecule has 0 saturated carbocycles. The molecule has 4 N–H and O–H groups in total. The number of halogens is 1. The van der Waals surface area contributed by atoms with Gasteiger partial charge in [0.2, 0.25) is 10.0 Å². The number of piperidine rings is 1. The maximum atomic E-state index is 12.8. The highest BCUT2D eigenvalue weighted by Gasteiger charge is 2.37. The molecule has 0 aliphatic carbocycles. The van der Waals surface area contributed by atoms with Gasteiger partial charge in [0, 0.05) is 25.3 Å². The molecule has 6 nitrogen and oxygen atoms in total. The summed E-state index contributed by atoms with van der Waals surface area (Å²) in [7, 11) is -3.73. The average Bonchev–Trinajstić information content (AvgIpc) is 2.41. The Kier molecular flexibility index (Phi) is 4.53. The predicted molar refractivity (Wildman–Crippen MR) is 78.8 cm³/mol. The molecule has 1 aromatic heterocycles. The molecule has 0 spiro atoms. The van der Waals surface area contributed by atoms with Gasteiger partial charge in [-0.25, -0.2) is 13.4 Å². The van der Waals surface area contributed by atoms with Gasteiger partial charge in [0.1, 0.15) is 10.7 Å². The minimum absolute atomic E-state index is 0.0385. The van der Waals surface area contributed by atoms with E-state index in [1.807, 2.05) is 6.92 Å². The average molecular weight is 319 g/mol. The summed E-state index contributed by atoms with van der Waals surface area (Å²) in [6.45, 7) is 2.74. The molecule has 0 radical (unpaired) electrons. The number of pyridine rings is 1. The van der Waals surface area contributed by atoms with E-state index in [1.165, 1.54) is 16.6 Å². The molecule has 1 fully saturated rings. The Morgan fingerprint density at radius 2 is 2.25 bits per heavy atom. The summed E-state index contributed by atoms with van der Waals surface area (Å²) in [6, 6.07) is 1.12. The first-order valence-corrected chi connectivity index (χ1v) is 8.32. The van der Waals surface area contributed by atoms with E-state index in [9.17, 15) is 8.42 Å². The second-order valence-electron chi connectivity index (χ2n) is 5.08. The van der Waals surface area contributed by atoms with Crippen LogP contribution in [-0.2, 0) is 10.0 Å². The smallest absolute Gasteiger partial charge is 0.247 e. The molecule has 20 heavy (non-hydrogen) atoms. The molecule has 1 saturated heterocycles. The van der Waals surface area contributed by atoms with Gasteiger partial charge in [-0.3, -0.25) is 0 Å². The summed E-state index contributed by atoms with van der Waals surface area (Å²) in [4.78, 5) is 3.77. The van der Waals surface area contributed by atoms with Gasteiger partial charge in [0.05, 0.1) is 5.02 Å². The lowest BCUT2D eigenvalue weighted by Gasteiger charge is -2.38. The fourth-order valence-electron chi connectivity index (χ4n) is 2.62. The van der Waals surface area contributed by atoms with E-state index in [-0.39, 0.29) is 34.2 Å². The number of hydrogen-bond acceptors (Lipinski definition) is 5. The van der Waals surface area contributed by atoms with Gasteiger partial charge < -0.3 is 11.5 Å². The van der Waals surface area contributed by atoms with Crippen LogP contribution in [0, 0.1) is 5.92 Å². The van der Waals surface area contributed by atoms with Crippen LogP contribution < -0.4 is 11.5 Å². The zero-order valence-corrected chi connectivity index (χ0v) is 12.9. The first kappa shape index (κ1) is 15.5. The number of anilines is 1. The largest absolute Gasteiger partial charge is 0.383 e. The lowest BCUT2D eigenvalue weighted by molar-refractivity contribution is 0.192. The van der Waals surface area contributed by atoms with E-state index in [1.54, 1.807) is 0 Å². The summed E-state index contributed by atoms with van der Waals surface area (Å²) >= 11 is 5.84. The number of nitrogens with two attached hydrogens (primary N) is 2.